The molecule has 3 rings (SSSR count). The van der Waals surface area contributed by atoms with Gasteiger partial charge in [-0.15, -0.1) is 0 Å². The predicted molar refractivity (Wildman–Crippen MR) is 82.4 cm³/mol. The first kappa shape index (κ1) is 16.2. The normalized spacial score (nSPS) is 30.1. The summed E-state index contributed by atoms with van der Waals surface area (Å²) in [7, 11) is 0. The zero-order valence-corrected chi connectivity index (χ0v) is 12.9. The van der Waals surface area contributed by atoms with Gasteiger partial charge in [-0.1, -0.05) is 18.6 Å². The van der Waals surface area contributed by atoms with Crippen LogP contribution in [0.3, 0.4) is 0 Å². The number of carbonyl (C=O) groups excluding carboxylic acids is 1. The number of carbonyl (C=O) groups is 1. The lowest BCUT2D eigenvalue weighted by Crippen LogP contribution is -2.53. The van der Waals surface area contributed by atoms with Gasteiger partial charge >= 0.3 is 6.61 Å². The molecule has 23 heavy (non-hydrogen) atoms. The second kappa shape index (κ2) is 6.83. The minimum atomic E-state index is -2.95. The number of amides is 1. The van der Waals surface area contributed by atoms with Gasteiger partial charge in [-0.05, 0) is 49.7 Å². The van der Waals surface area contributed by atoms with Crippen LogP contribution < -0.4 is 15.8 Å². The maximum absolute atomic E-state index is 12.6. The smallest absolute Gasteiger partial charge is 0.387 e. The molecule has 2 bridgehead atoms. The molecule has 6 heteroatoms. The van der Waals surface area contributed by atoms with E-state index in [4.69, 9.17) is 5.73 Å². The second-order valence-corrected chi connectivity index (χ2v) is 6.56. The number of hydrogen-bond donors (Lipinski definition) is 2. The van der Waals surface area contributed by atoms with E-state index in [1.165, 1.54) is 18.6 Å². The van der Waals surface area contributed by atoms with Crippen molar-refractivity contribution in [3.05, 3.63) is 29.8 Å². The molecule has 2 unspecified atom stereocenters. The number of para-hydroxylation sites is 1. The Morgan fingerprint density at radius 3 is 2.52 bits per heavy atom. The van der Waals surface area contributed by atoms with Crippen LogP contribution in [0.25, 0.3) is 0 Å². The Labute approximate surface area is 134 Å². The van der Waals surface area contributed by atoms with Gasteiger partial charge in [-0.25, -0.2) is 0 Å². The predicted octanol–water partition coefficient (Wildman–Crippen LogP) is 2.92. The lowest BCUT2D eigenvalue weighted by atomic mass is 9.67. The quantitative estimate of drug-likeness (QED) is 0.895. The number of ether oxygens (including phenoxy) is 1. The molecule has 0 saturated heterocycles. The molecule has 1 amide bonds. The average Bonchev–Trinajstić information content (AvgIpc) is 2.48. The highest BCUT2D eigenvalue weighted by molar-refractivity contribution is 5.97. The first-order valence-electron chi connectivity index (χ1n) is 8.15. The maximum atomic E-state index is 12.6. The molecular weight excluding hydrogens is 302 g/mol. The van der Waals surface area contributed by atoms with E-state index < -0.39 is 6.61 Å². The first-order chi connectivity index (χ1) is 11.0. The molecule has 2 fully saturated rings. The van der Waals surface area contributed by atoms with E-state index in [0.717, 1.165) is 25.7 Å². The van der Waals surface area contributed by atoms with Crippen LogP contribution in [0.15, 0.2) is 24.3 Å². The van der Waals surface area contributed by atoms with Crippen LogP contribution in [0, 0.1) is 11.8 Å². The summed E-state index contributed by atoms with van der Waals surface area (Å²) >= 11 is 0. The fourth-order valence-corrected chi connectivity index (χ4v) is 4.11. The molecule has 2 saturated carbocycles. The van der Waals surface area contributed by atoms with E-state index in [2.05, 4.69) is 10.1 Å². The van der Waals surface area contributed by atoms with E-state index in [1.807, 2.05) is 0 Å². The number of hydrogen-bond acceptors (Lipinski definition) is 3. The van der Waals surface area contributed by atoms with Gasteiger partial charge < -0.3 is 15.8 Å². The Morgan fingerprint density at radius 1 is 1.22 bits per heavy atom. The fourth-order valence-electron chi connectivity index (χ4n) is 4.11. The summed E-state index contributed by atoms with van der Waals surface area (Å²) in [4.78, 5) is 12.6. The molecule has 3 N–H and O–H groups in total. The summed E-state index contributed by atoms with van der Waals surface area (Å²) in [6.07, 6.45) is 5.11. The van der Waals surface area contributed by atoms with Crippen molar-refractivity contribution in [2.45, 2.75) is 50.8 Å². The Morgan fingerprint density at radius 2 is 1.87 bits per heavy atom. The molecule has 1 aromatic rings. The SMILES string of the molecule is NC1CC2CCCC(C1)C2NC(=O)c1ccccc1OC(F)F. The molecule has 1 aromatic carbocycles. The number of rotatable bonds is 4. The van der Waals surface area contributed by atoms with Crippen molar-refractivity contribution >= 4 is 5.91 Å². The van der Waals surface area contributed by atoms with E-state index in [1.54, 1.807) is 12.1 Å². The number of nitrogens with two attached hydrogens (primary N) is 1. The monoisotopic (exact) mass is 324 g/mol. The van der Waals surface area contributed by atoms with Crippen molar-refractivity contribution in [2.24, 2.45) is 17.6 Å². The average molecular weight is 324 g/mol. The van der Waals surface area contributed by atoms with Crippen LogP contribution in [0.5, 0.6) is 5.75 Å². The second-order valence-electron chi connectivity index (χ2n) is 6.56. The minimum Gasteiger partial charge on any atom is -0.434 e. The molecular formula is C17H22F2N2O2. The molecule has 0 heterocycles. The largest absolute Gasteiger partial charge is 0.434 e. The van der Waals surface area contributed by atoms with Gasteiger partial charge in [0.1, 0.15) is 5.75 Å². The number of benzene rings is 1. The summed E-state index contributed by atoms with van der Waals surface area (Å²) in [6.45, 7) is -2.95. The first-order valence-corrected chi connectivity index (χ1v) is 8.15. The van der Waals surface area contributed by atoms with Crippen molar-refractivity contribution in [1.82, 2.24) is 5.32 Å². The third-order valence-corrected chi connectivity index (χ3v) is 5.02. The molecule has 126 valence electrons. The van der Waals surface area contributed by atoms with Crippen molar-refractivity contribution in [3.8, 4) is 5.75 Å². The summed E-state index contributed by atoms with van der Waals surface area (Å²) in [6, 6.07) is 6.40. The minimum absolute atomic E-state index is 0.0793. The molecule has 0 aromatic heterocycles. The highest BCUT2D eigenvalue weighted by atomic mass is 19.3. The maximum Gasteiger partial charge on any atom is 0.387 e. The van der Waals surface area contributed by atoms with Crippen LogP contribution in [-0.2, 0) is 0 Å². The number of alkyl halides is 2. The van der Waals surface area contributed by atoms with Gasteiger partial charge in [0.15, 0.2) is 0 Å². The zero-order chi connectivity index (χ0) is 16.4. The highest BCUT2D eigenvalue weighted by Crippen LogP contribution is 2.40. The van der Waals surface area contributed by atoms with Gasteiger partial charge in [-0.2, -0.15) is 8.78 Å². The van der Waals surface area contributed by atoms with Gasteiger partial charge in [0.05, 0.1) is 5.56 Å². The van der Waals surface area contributed by atoms with Crippen LogP contribution in [-0.4, -0.2) is 24.6 Å². The zero-order valence-electron chi connectivity index (χ0n) is 12.9. The fraction of sp³-hybridized carbons (Fsp3) is 0.588. The Kier molecular flexibility index (Phi) is 4.80. The standard InChI is InChI=1S/C17H22F2N2O2/c18-17(19)23-14-7-2-1-6-13(14)16(22)21-15-10-4-3-5-11(15)9-12(20)8-10/h1-2,6-7,10-12,15,17H,3-5,8-9,20H2,(H,21,22). The lowest BCUT2D eigenvalue weighted by molar-refractivity contribution is -0.0502. The number of fused-ring (bicyclic) bond motifs is 2. The molecule has 4 nitrogen and oxygen atoms in total. The van der Waals surface area contributed by atoms with E-state index in [9.17, 15) is 13.6 Å². The van der Waals surface area contributed by atoms with Crippen molar-refractivity contribution in [2.75, 3.05) is 0 Å². The Hall–Kier alpha value is -1.69. The molecule has 2 aliphatic rings. The Bertz CT molecular complexity index is 553. The van der Waals surface area contributed by atoms with Gasteiger partial charge in [0.25, 0.3) is 5.91 Å². The third-order valence-electron chi connectivity index (χ3n) is 5.02. The van der Waals surface area contributed by atoms with Crippen LogP contribution in [0.4, 0.5) is 8.78 Å². The summed E-state index contributed by atoms with van der Waals surface area (Å²) in [5.74, 6) is 0.325. The molecule has 0 spiro atoms. The van der Waals surface area contributed by atoms with Crippen LogP contribution in [0.1, 0.15) is 42.5 Å². The molecule has 0 radical (unpaired) electrons. The third kappa shape index (κ3) is 3.63. The molecule has 2 aliphatic carbocycles. The lowest BCUT2D eigenvalue weighted by Gasteiger charge is -2.45. The van der Waals surface area contributed by atoms with Crippen molar-refractivity contribution in [1.29, 1.82) is 0 Å². The summed E-state index contributed by atoms with van der Waals surface area (Å²) < 4.78 is 29.4. The van der Waals surface area contributed by atoms with Gasteiger partial charge in [0, 0.05) is 12.1 Å². The van der Waals surface area contributed by atoms with Crippen LogP contribution in [0.2, 0.25) is 0 Å². The number of nitrogens with one attached hydrogen (secondary N) is 1. The van der Waals surface area contributed by atoms with Crippen molar-refractivity contribution < 1.29 is 18.3 Å². The van der Waals surface area contributed by atoms with Crippen LogP contribution >= 0.6 is 0 Å². The van der Waals surface area contributed by atoms with Gasteiger partial charge in [-0.3, -0.25) is 4.79 Å². The van der Waals surface area contributed by atoms with Gasteiger partial charge in [0.2, 0.25) is 0 Å². The highest BCUT2D eigenvalue weighted by Gasteiger charge is 2.40. The summed E-state index contributed by atoms with van der Waals surface area (Å²) in [5.41, 5.74) is 6.25. The molecule has 2 atom stereocenters. The van der Waals surface area contributed by atoms with Crippen molar-refractivity contribution in [3.63, 3.8) is 0 Å². The topological polar surface area (TPSA) is 64.3 Å². The molecule has 0 aliphatic heterocycles. The summed E-state index contributed by atoms with van der Waals surface area (Å²) in [5, 5.41) is 3.05. The Balaban J connectivity index is 1.74. The number of halogens is 2. The van der Waals surface area contributed by atoms with E-state index in [0.29, 0.717) is 11.8 Å². The van der Waals surface area contributed by atoms with E-state index in [-0.39, 0.29) is 29.3 Å². The van der Waals surface area contributed by atoms with E-state index >= 15 is 0 Å².